The monoisotopic (exact) mass is 242 g/mol. The van der Waals surface area contributed by atoms with Gasteiger partial charge in [-0.05, 0) is 37.3 Å². The van der Waals surface area contributed by atoms with Gasteiger partial charge in [-0.1, -0.05) is 6.07 Å². The van der Waals surface area contributed by atoms with Crippen molar-refractivity contribution in [2.24, 2.45) is 0 Å². The second kappa shape index (κ2) is 6.02. The zero-order valence-electron chi connectivity index (χ0n) is 8.62. The molecule has 0 spiro atoms. The molecule has 16 heavy (non-hydrogen) atoms. The van der Waals surface area contributed by atoms with Gasteiger partial charge < -0.3 is 10.1 Å². The van der Waals surface area contributed by atoms with E-state index in [1.54, 1.807) is 13.0 Å². The lowest BCUT2D eigenvalue weighted by atomic mass is 10.3. The van der Waals surface area contributed by atoms with Gasteiger partial charge in [-0.3, -0.25) is 5.32 Å². The summed E-state index contributed by atoms with van der Waals surface area (Å²) in [5.74, 6) is -0.385. The standard InChI is InChI=1S/C10H11FN2O2S/c1-2-15-10(14)13-9(16)12-8-5-3-4-7(11)6-8/h3-6H,2H2,1H3,(H2,12,13,14,16). The van der Waals surface area contributed by atoms with Crippen LogP contribution in [0.3, 0.4) is 0 Å². The zero-order valence-corrected chi connectivity index (χ0v) is 9.44. The normalized spacial score (nSPS) is 9.38. The fraction of sp³-hybridized carbons (Fsp3) is 0.200. The molecular weight excluding hydrogens is 231 g/mol. The number of carbonyl (C=O) groups is 1. The smallest absolute Gasteiger partial charge is 0.413 e. The largest absolute Gasteiger partial charge is 0.450 e. The molecule has 1 aromatic rings. The average Bonchev–Trinajstić information content (AvgIpc) is 2.17. The summed E-state index contributed by atoms with van der Waals surface area (Å²) < 4.78 is 17.4. The van der Waals surface area contributed by atoms with E-state index in [0.717, 1.165) is 0 Å². The van der Waals surface area contributed by atoms with E-state index in [4.69, 9.17) is 12.2 Å². The van der Waals surface area contributed by atoms with Crippen LogP contribution in [0.25, 0.3) is 0 Å². The van der Waals surface area contributed by atoms with Gasteiger partial charge in [-0.2, -0.15) is 0 Å². The summed E-state index contributed by atoms with van der Waals surface area (Å²) in [7, 11) is 0. The first-order valence-corrected chi connectivity index (χ1v) is 5.03. The van der Waals surface area contributed by atoms with E-state index in [2.05, 4.69) is 15.4 Å². The molecule has 0 saturated carbocycles. The van der Waals surface area contributed by atoms with Crippen LogP contribution in [0, 0.1) is 5.82 Å². The molecule has 1 aromatic carbocycles. The van der Waals surface area contributed by atoms with Crippen molar-refractivity contribution in [2.75, 3.05) is 11.9 Å². The molecule has 0 bridgehead atoms. The fourth-order valence-corrected chi connectivity index (χ4v) is 1.19. The number of ether oxygens (including phenoxy) is 1. The molecule has 0 aliphatic heterocycles. The SMILES string of the molecule is CCOC(=O)NC(=S)Nc1cccc(F)c1. The Labute approximate surface area is 97.8 Å². The Morgan fingerprint density at radius 2 is 2.31 bits per heavy atom. The first kappa shape index (κ1) is 12.4. The van der Waals surface area contributed by atoms with E-state index < -0.39 is 6.09 Å². The quantitative estimate of drug-likeness (QED) is 0.781. The number of rotatable bonds is 2. The highest BCUT2D eigenvalue weighted by Crippen LogP contribution is 2.08. The van der Waals surface area contributed by atoms with E-state index in [0.29, 0.717) is 5.69 Å². The lowest BCUT2D eigenvalue weighted by Crippen LogP contribution is -2.34. The molecule has 0 aliphatic rings. The molecular formula is C10H11FN2O2S. The number of halogens is 1. The lowest BCUT2D eigenvalue weighted by molar-refractivity contribution is 0.158. The van der Waals surface area contributed by atoms with Gasteiger partial charge >= 0.3 is 6.09 Å². The number of thiocarbonyl (C=S) groups is 1. The van der Waals surface area contributed by atoms with Crippen LogP contribution >= 0.6 is 12.2 Å². The maximum absolute atomic E-state index is 12.8. The minimum absolute atomic E-state index is 0.0593. The molecule has 2 N–H and O–H groups in total. The summed E-state index contributed by atoms with van der Waals surface area (Å²) in [6, 6.07) is 5.74. The molecule has 0 saturated heterocycles. The average molecular weight is 242 g/mol. The van der Waals surface area contributed by atoms with Crippen molar-refractivity contribution in [3.63, 3.8) is 0 Å². The van der Waals surface area contributed by atoms with Crippen molar-refractivity contribution < 1.29 is 13.9 Å². The van der Waals surface area contributed by atoms with E-state index in [-0.39, 0.29) is 17.5 Å². The zero-order chi connectivity index (χ0) is 12.0. The molecule has 1 rings (SSSR count). The van der Waals surface area contributed by atoms with Gasteiger partial charge in [0.1, 0.15) is 5.82 Å². The van der Waals surface area contributed by atoms with E-state index in [1.165, 1.54) is 18.2 Å². The van der Waals surface area contributed by atoms with Crippen LogP contribution in [-0.4, -0.2) is 17.8 Å². The molecule has 1 amide bonds. The number of carbonyl (C=O) groups excluding carboxylic acids is 1. The summed E-state index contributed by atoms with van der Waals surface area (Å²) in [5.41, 5.74) is 0.460. The predicted molar refractivity (Wildman–Crippen MR) is 62.8 cm³/mol. The summed E-state index contributed by atoms with van der Waals surface area (Å²) in [4.78, 5) is 11.0. The summed E-state index contributed by atoms with van der Waals surface area (Å²) in [6.07, 6.45) is -0.642. The summed E-state index contributed by atoms with van der Waals surface area (Å²) >= 11 is 4.82. The highest BCUT2D eigenvalue weighted by atomic mass is 32.1. The van der Waals surface area contributed by atoms with Crippen LogP contribution in [0.4, 0.5) is 14.9 Å². The lowest BCUT2D eigenvalue weighted by Gasteiger charge is -2.08. The Morgan fingerprint density at radius 3 is 2.94 bits per heavy atom. The second-order valence-corrected chi connectivity index (χ2v) is 3.22. The van der Waals surface area contributed by atoms with Gasteiger partial charge in [0.05, 0.1) is 6.61 Å². The maximum atomic E-state index is 12.8. The third-order valence-corrected chi connectivity index (χ3v) is 1.78. The van der Waals surface area contributed by atoms with Crippen LogP contribution in [0.2, 0.25) is 0 Å². The van der Waals surface area contributed by atoms with Crippen LogP contribution in [0.1, 0.15) is 6.92 Å². The van der Waals surface area contributed by atoms with Crippen LogP contribution in [0.15, 0.2) is 24.3 Å². The first-order chi connectivity index (χ1) is 7.61. The predicted octanol–water partition coefficient (Wildman–Crippen LogP) is 2.27. The molecule has 0 radical (unpaired) electrons. The minimum atomic E-state index is -0.642. The van der Waals surface area contributed by atoms with Gasteiger partial charge in [-0.25, -0.2) is 9.18 Å². The topological polar surface area (TPSA) is 50.4 Å². The van der Waals surface area contributed by atoms with Crippen molar-refractivity contribution in [3.8, 4) is 0 Å². The van der Waals surface area contributed by atoms with Gasteiger partial charge in [0.2, 0.25) is 0 Å². The number of amides is 1. The molecule has 86 valence electrons. The molecule has 0 aromatic heterocycles. The number of anilines is 1. The van der Waals surface area contributed by atoms with Crippen molar-refractivity contribution >= 4 is 29.1 Å². The molecule has 0 atom stereocenters. The van der Waals surface area contributed by atoms with Gasteiger partial charge in [-0.15, -0.1) is 0 Å². The van der Waals surface area contributed by atoms with Crippen molar-refractivity contribution in [2.45, 2.75) is 6.92 Å². The third-order valence-electron chi connectivity index (χ3n) is 1.57. The molecule has 4 nitrogen and oxygen atoms in total. The van der Waals surface area contributed by atoms with E-state index in [1.807, 2.05) is 0 Å². The van der Waals surface area contributed by atoms with Crippen LogP contribution < -0.4 is 10.6 Å². The van der Waals surface area contributed by atoms with Crippen molar-refractivity contribution in [3.05, 3.63) is 30.1 Å². The number of hydrogen-bond donors (Lipinski definition) is 2. The Morgan fingerprint density at radius 1 is 1.56 bits per heavy atom. The summed E-state index contributed by atoms with van der Waals surface area (Å²) in [6.45, 7) is 1.94. The van der Waals surface area contributed by atoms with E-state index in [9.17, 15) is 9.18 Å². The second-order valence-electron chi connectivity index (χ2n) is 2.81. The molecule has 0 heterocycles. The van der Waals surface area contributed by atoms with Gasteiger partial charge in [0.15, 0.2) is 5.11 Å². The maximum Gasteiger partial charge on any atom is 0.413 e. The molecule has 0 unspecified atom stereocenters. The van der Waals surface area contributed by atoms with Crippen molar-refractivity contribution in [1.82, 2.24) is 5.32 Å². The minimum Gasteiger partial charge on any atom is -0.450 e. The third kappa shape index (κ3) is 4.22. The molecule has 0 aliphatic carbocycles. The Hall–Kier alpha value is -1.69. The van der Waals surface area contributed by atoms with Gasteiger partial charge in [0, 0.05) is 5.69 Å². The Balaban J connectivity index is 2.48. The first-order valence-electron chi connectivity index (χ1n) is 4.62. The highest BCUT2D eigenvalue weighted by molar-refractivity contribution is 7.80. The number of nitrogens with one attached hydrogen (secondary N) is 2. The Kier molecular flexibility index (Phi) is 4.65. The van der Waals surface area contributed by atoms with Crippen LogP contribution in [0.5, 0.6) is 0 Å². The van der Waals surface area contributed by atoms with E-state index >= 15 is 0 Å². The highest BCUT2D eigenvalue weighted by Gasteiger charge is 2.04. The fourth-order valence-electron chi connectivity index (χ4n) is 0.988. The van der Waals surface area contributed by atoms with Gasteiger partial charge in [0.25, 0.3) is 0 Å². The molecule has 0 fully saturated rings. The number of alkyl carbamates (subject to hydrolysis) is 1. The summed E-state index contributed by atoms with van der Waals surface area (Å²) in [5, 5.41) is 5.00. The number of benzene rings is 1. The molecule has 6 heteroatoms. The van der Waals surface area contributed by atoms with Crippen molar-refractivity contribution in [1.29, 1.82) is 0 Å². The Bertz CT molecular complexity index is 398. The van der Waals surface area contributed by atoms with Crippen LogP contribution in [-0.2, 0) is 4.74 Å². The number of hydrogen-bond acceptors (Lipinski definition) is 3.